The average molecular weight is 332 g/mol. The molecule has 1 aromatic carbocycles. The maximum Gasteiger partial charge on any atom is 0.0479 e. The molecule has 16 heavy (non-hydrogen) atoms. The van der Waals surface area contributed by atoms with Crippen LogP contribution in [0.3, 0.4) is 0 Å². The van der Waals surface area contributed by atoms with Crippen molar-refractivity contribution in [3.63, 3.8) is 0 Å². The molecular weight excluding hydrogens is 311 g/mol. The molecule has 0 spiro atoms. The molecule has 3 heteroatoms. The van der Waals surface area contributed by atoms with Gasteiger partial charge in [-0.15, -0.1) is 0 Å². The predicted octanol–water partition coefficient (Wildman–Crippen LogP) is 4.11. The summed E-state index contributed by atoms with van der Waals surface area (Å²) in [6.07, 6.45) is 2.44. The van der Waals surface area contributed by atoms with Gasteiger partial charge in [0.2, 0.25) is 0 Å². The summed E-state index contributed by atoms with van der Waals surface area (Å²) in [4.78, 5) is 0. The highest BCUT2D eigenvalue weighted by atomic mass is 127. The summed E-state index contributed by atoms with van der Waals surface area (Å²) >= 11 is 2.32. The van der Waals surface area contributed by atoms with E-state index in [4.69, 9.17) is 5.73 Å². The van der Waals surface area contributed by atoms with E-state index >= 15 is 0 Å². The fourth-order valence-corrected chi connectivity index (χ4v) is 2.70. The lowest BCUT2D eigenvalue weighted by Crippen LogP contribution is -2.25. The predicted molar refractivity (Wildman–Crippen MR) is 80.7 cm³/mol. The SMILES string of the molecule is CCC(CC)C(C)Nc1ccc(N)cc1I. The number of hydrogen-bond acceptors (Lipinski definition) is 2. The molecule has 0 aliphatic carbocycles. The second-order valence-electron chi connectivity index (χ2n) is 4.25. The second-order valence-corrected chi connectivity index (χ2v) is 5.41. The monoisotopic (exact) mass is 332 g/mol. The first-order chi connectivity index (χ1) is 7.58. The van der Waals surface area contributed by atoms with Gasteiger partial charge in [0.25, 0.3) is 0 Å². The molecule has 1 atom stereocenters. The number of benzene rings is 1. The van der Waals surface area contributed by atoms with Crippen LogP contribution < -0.4 is 11.1 Å². The maximum absolute atomic E-state index is 5.74. The Morgan fingerprint density at radius 3 is 2.44 bits per heavy atom. The molecule has 0 aromatic heterocycles. The lowest BCUT2D eigenvalue weighted by Gasteiger charge is -2.24. The van der Waals surface area contributed by atoms with Gasteiger partial charge >= 0.3 is 0 Å². The molecule has 0 saturated heterocycles. The van der Waals surface area contributed by atoms with E-state index < -0.39 is 0 Å². The lowest BCUT2D eigenvalue weighted by molar-refractivity contribution is 0.438. The van der Waals surface area contributed by atoms with Crippen molar-refractivity contribution in [2.24, 2.45) is 5.92 Å². The minimum Gasteiger partial charge on any atom is -0.399 e. The van der Waals surface area contributed by atoms with Crippen molar-refractivity contribution in [2.75, 3.05) is 11.1 Å². The fourth-order valence-electron chi connectivity index (χ4n) is 2.01. The average Bonchev–Trinajstić information content (AvgIpc) is 2.24. The highest BCUT2D eigenvalue weighted by Crippen LogP contribution is 2.24. The molecule has 1 unspecified atom stereocenters. The smallest absolute Gasteiger partial charge is 0.0479 e. The van der Waals surface area contributed by atoms with Crippen molar-refractivity contribution >= 4 is 34.0 Å². The van der Waals surface area contributed by atoms with Crippen LogP contribution in [0, 0.1) is 9.49 Å². The summed E-state index contributed by atoms with van der Waals surface area (Å²) in [7, 11) is 0. The van der Waals surface area contributed by atoms with E-state index in [2.05, 4.69) is 54.7 Å². The minimum absolute atomic E-state index is 0.507. The van der Waals surface area contributed by atoms with Crippen molar-refractivity contribution in [1.82, 2.24) is 0 Å². The topological polar surface area (TPSA) is 38.0 Å². The van der Waals surface area contributed by atoms with Crippen LogP contribution in [0.2, 0.25) is 0 Å². The molecule has 2 nitrogen and oxygen atoms in total. The Morgan fingerprint density at radius 2 is 1.94 bits per heavy atom. The molecule has 0 aliphatic heterocycles. The van der Waals surface area contributed by atoms with Gasteiger partial charge in [0, 0.05) is 21.0 Å². The van der Waals surface area contributed by atoms with E-state index in [1.165, 1.54) is 22.1 Å². The Balaban J connectivity index is 2.72. The Bertz CT molecular complexity index is 335. The van der Waals surface area contributed by atoms with Gasteiger partial charge in [-0.1, -0.05) is 26.7 Å². The first kappa shape index (κ1) is 13.6. The number of halogens is 1. The standard InChI is InChI=1S/C13H21IN2/c1-4-10(5-2)9(3)16-13-7-6-11(15)8-12(13)14/h6-10,16H,4-5,15H2,1-3H3. The largest absolute Gasteiger partial charge is 0.399 e. The number of hydrogen-bond donors (Lipinski definition) is 2. The number of rotatable bonds is 5. The Morgan fingerprint density at radius 1 is 1.31 bits per heavy atom. The molecule has 1 aromatic rings. The highest BCUT2D eigenvalue weighted by Gasteiger charge is 2.13. The van der Waals surface area contributed by atoms with Gasteiger partial charge in [-0.2, -0.15) is 0 Å². The summed E-state index contributed by atoms with van der Waals surface area (Å²) < 4.78 is 1.19. The van der Waals surface area contributed by atoms with Crippen molar-refractivity contribution < 1.29 is 0 Å². The molecule has 3 N–H and O–H groups in total. The van der Waals surface area contributed by atoms with E-state index in [9.17, 15) is 0 Å². The van der Waals surface area contributed by atoms with Crippen LogP contribution in [0.25, 0.3) is 0 Å². The van der Waals surface area contributed by atoms with Gasteiger partial charge < -0.3 is 11.1 Å². The van der Waals surface area contributed by atoms with Crippen molar-refractivity contribution in [3.8, 4) is 0 Å². The summed E-state index contributed by atoms with van der Waals surface area (Å²) in [6.45, 7) is 6.75. The van der Waals surface area contributed by atoms with Crippen LogP contribution in [0.4, 0.5) is 11.4 Å². The normalized spacial score (nSPS) is 12.8. The Labute approximate surface area is 112 Å². The molecule has 0 aliphatic rings. The lowest BCUT2D eigenvalue weighted by atomic mass is 9.95. The first-order valence-electron chi connectivity index (χ1n) is 5.90. The maximum atomic E-state index is 5.74. The zero-order chi connectivity index (χ0) is 12.1. The molecule has 1 rings (SSSR count). The molecule has 0 radical (unpaired) electrons. The zero-order valence-corrected chi connectivity index (χ0v) is 12.4. The quantitative estimate of drug-likeness (QED) is 0.629. The van der Waals surface area contributed by atoms with Gasteiger partial charge in [0.15, 0.2) is 0 Å². The van der Waals surface area contributed by atoms with Crippen LogP contribution in [0.15, 0.2) is 18.2 Å². The number of nitrogen functional groups attached to an aromatic ring is 1. The molecule has 0 bridgehead atoms. The molecule has 0 amide bonds. The molecule has 90 valence electrons. The van der Waals surface area contributed by atoms with Gasteiger partial charge in [-0.05, 0) is 53.6 Å². The van der Waals surface area contributed by atoms with Crippen molar-refractivity contribution in [1.29, 1.82) is 0 Å². The van der Waals surface area contributed by atoms with Gasteiger partial charge in [-0.25, -0.2) is 0 Å². The molecule has 0 saturated carbocycles. The third kappa shape index (κ3) is 3.54. The van der Waals surface area contributed by atoms with Crippen LogP contribution >= 0.6 is 22.6 Å². The number of anilines is 2. The summed E-state index contributed by atoms with van der Waals surface area (Å²) in [5.41, 5.74) is 7.75. The number of nitrogens with one attached hydrogen (secondary N) is 1. The summed E-state index contributed by atoms with van der Waals surface area (Å²) in [5.74, 6) is 0.730. The van der Waals surface area contributed by atoms with Crippen LogP contribution in [0.1, 0.15) is 33.6 Å². The Hall–Kier alpha value is -0.450. The summed E-state index contributed by atoms with van der Waals surface area (Å²) in [6, 6.07) is 6.52. The number of nitrogens with two attached hydrogens (primary N) is 1. The van der Waals surface area contributed by atoms with Crippen LogP contribution in [0.5, 0.6) is 0 Å². The van der Waals surface area contributed by atoms with Gasteiger partial charge in [0.1, 0.15) is 0 Å². The van der Waals surface area contributed by atoms with E-state index in [1.54, 1.807) is 0 Å². The molecular formula is C13H21IN2. The van der Waals surface area contributed by atoms with E-state index in [0.717, 1.165) is 11.6 Å². The summed E-state index contributed by atoms with van der Waals surface area (Å²) in [5, 5.41) is 3.58. The molecule has 0 heterocycles. The first-order valence-corrected chi connectivity index (χ1v) is 6.97. The Kier molecular flexibility index (Phi) is 5.38. The third-order valence-electron chi connectivity index (χ3n) is 3.13. The van der Waals surface area contributed by atoms with Gasteiger partial charge in [-0.3, -0.25) is 0 Å². The van der Waals surface area contributed by atoms with Crippen LogP contribution in [-0.2, 0) is 0 Å². The zero-order valence-electron chi connectivity index (χ0n) is 10.3. The van der Waals surface area contributed by atoms with E-state index in [0.29, 0.717) is 6.04 Å². The molecule has 0 fully saturated rings. The van der Waals surface area contributed by atoms with E-state index in [-0.39, 0.29) is 0 Å². The van der Waals surface area contributed by atoms with Crippen molar-refractivity contribution in [3.05, 3.63) is 21.8 Å². The van der Waals surface area contributed by atoms with E-state index in [1.807, 2.05) is 12.1 Å². The second kappa shape index (κ2) is 6.33. The van der Waals surface area contributed by atoms with Crippen molar-refractivity contribution in [2.45, 2.75) is 39.7 Å². The van der Waals surface area contributed by atoms with Gasteiger partial charge in [0.05, 0.1) is 0 Å². The third-order valence-corrected chi connectivity index (χ3v) is 4.02. The highest BCUT2D eigenvalue weighted by molar-refractivity contribution is 14.1. The minimum atomic E-state index is 0.507. The van der Waals surface area contributed by atoms with Crippen LogP contribution in [-0.4, -0.2) is 6.04 Å². The fraction of sp³-hybridized carbons (Fsp3) is 0.538.